The molecule has 4 heterocycles. The minimum absolute atomic E-state index is 0.0257. The number of piperidine rings is 1. The minimum atomic E-state index is 0.0257. The molecule has 3 saturated heterocycles. The summed E-state index contributed by atoms with van der Waals surface area (Å²) >= 11 is 0. The van der Waals surface area contributed by atoms with E-state index >= 15 is 0 Å². The fourth-order valence-corrected chi connectivity index (χ4v) is 6.62. The van der Waals surface area contributed by atoms with Gasteiger partial charge < -0.3 is 19.6 Å². The van der Waals surface area contributed by atoms with Crippen molar-refractivity contribution >= 4 is 6.03 Å². The van der Waals surface area contributed by atoms with E-state index in [0.717, 1.165) is 63.7 Å². The van der Waals surface area contributed by atoms with Crippen molar-refractivity contribution in [2.45, 2.75) is 81.3 Å². The van der Waals surface area contributed by atoms with Crippen molar-refractivity contribution < 1.29 is 9.32 Å². The number of carbonyl (C=O) groups is 1. The molecule has 1 aromatic carbocycles. The van der Waals surface area contributed by atoms with Crippen molar-refractivity contribution in [1.29, 1.82) is 0 Å². The smallest absolute Gasteiger partial charge is 0.317 e. The molecule has 36 heavy (non-hydrogen) atoms. The zero-order chi connectivity index (χ0) is 24.5. The van der Waals surface area contributed by atoms with E-state index in [-0.39, 0.29) is 12.1 Å². The summed E-state index contributed by atoms with van der Waals surface area (Å²) in [7, 11) is 2.12. The maximum atomic E-state index is 13.1. The number of piperazine rings is 1. The third-order valence-corrected chi connectivity index (χ3v) is 9.13. The Hall–Kier alpha value is -2.45. The number of carbonyl (C=O) groups excluding carboxylic acids is 1. The lowest BCUT2D eigenvalue weighted by atomic mass is 9.85. The number of hydrogen-bond acceptors (Lipinski definition) is 6. The standard InChI is InChI=1S/C28H40N6O2/c1-32-14-16-33(17-15-32)28(35)29-25(20-6-3-2-4-7-20)12-13-34-23-10-11-24(34)19-22(18-23)26-30-27(36-31-26)21-8-5-9-21/h2-4,6-7,21-25H,5,8-19H2,1H3,(H,29,35)/t23-,24-,25-/m0/s1. The number of nitrogens with one attached hydrogen (secondary N) is 1. The Kier molecular flexibility index (Phi) is 6.98. The van der Waals surface area contributed by atoms with Gasteiger partial charge in [0.2, 0.25) is 5.89 Å². The second kappa shape index (κ2) is 10.5. The van der Waals surface area contributed by atoms with Crippen LogP contribution in [0.25, 0.3) is 0 Å². The lowest BCUT2D eigenvalue weighted by molar-refractivity contribution is 0.116. The van der Waals surface area contributed by atoms with E-state index in [9.17, 15) is 4.79 Å². The molecule has 6 rings (SSSR count). The first-order valence-electron chi connectivity index (χ1n) is 14.0. The van der Waals surface area contributed by atoms with Crippen LogP contribution in [0.2, 0.25) is 0 Å². The van der Waals surface area contributed by atoms with Gasteiger partial charge in [0, 0.05) is 56.6 Å². The molecule has 1 aromatic heterocycles. The Balaban J connectivity index is 1.08. The van der Waals surface area contributed by atoms with Crippen LogP contribution in [-0.2, 0) is 0 Å². The van der Waals surface area contributed by atoms with Gasteiger partial charge in [0.05, 0.1) is 6.04 Å². The summed E-state index contributed by atoms with van der Waals surface area (Å²) in [4.78, 5) is 24.9. The van der Waals surface area contributed by atoms with E-state index in [1.165, 1.54) is 37.7 Å². The minimum Gasteiger partial charge on any atom is -0.339 e. The monoisotopic (exact) mass is 492 g/mol. The summed E-state index contributed by atoms with van der Waals surface area (Å²) in [6.07, 6.45) is 9.32. The molecule has 2 amide bonds. The first-order valence-corrected chi connectivity index (χ1v) is 14.0. The molecule has 0 spiro atoms. The second-order valence-corrected chi connectivity index (χ2v) is 11.4. The van der Waals surface area contributed by atoms with Gasteiger partial charge in [-0.25, -0.2) is 4.79 Å². The van der Waals surface area contributed by atoms with E-state index in [4.69, 9.17) is 9.51 Å². The molecule has 2 bridgehead atoms. The largest absolute Gasteiger partial charge is 0.339 e. The Labute approximate surface area is 214 Å². The van der Waals surface area contributed by atoms with E-state index in [1.807, 2.05) is 11.0 Å². The number of hydrogen-bond donors (Lipinski definition) is 1. The van der Waals surface area contributed by atoms with Gasteiger partial charge in [0.15, 0.2) is 5.82 Å². The van der Waals surface area contributed by atoms with E-state index in [0.29, 0.717) is 23.9 Å². The number of rotatable bonds is 7. The van der Waals surface area contributed by atoms with E-state index < -0.39 is 0 Å². The van der Waals surface area contributed by atoms with Crippen LogP contribution in [0.4, 0.5) is 4.79 Å². The lowest BCUT2D eigenvalue weighted by Gasteiger charge is -2.39. The van der Waals surface area contributed by atoms with E-state index in [1.54, 1.807) is 0 Å². The quantitative estimate of drug-likeness (QED) is 0.626. The molecule has 194 valence electrons. The van der Waals surface area contributed by atoms with Gasteiger partial charge >= 0.3 is 6.03 Å². The summed E-state index contributed by atoms with van der Waals surface area (Å²) in [5, 5.41) is 7.78. The predicted molar refractivity (Wildman–Crippen MR) is 138 cm³/mol. The van der Waals surface area contributed by atoms with Crippen molar-refractivity contribution in [3.05, 3.63) is 47.6 Å². The van der Waals surface area contributed by atoms with Gasteiger partial charge in [0.25, 0.3) is 0 Å². The zero-order valence-corrected chi connectivity index (χ0v) is 21.5. The van der Waals surface area contributed by atoms with Gasteiger partial charge in [-0.1, -0.05) is 41.9 Å². The fraction of sp³-hybridized carbons (Fsp3) is 0.679. The number of amides is 2. The van der Waals surface area contributed by atoms with Crippen molar-refractivity contribution in [2.24, 2.45) is 0 Å². The zero-order valence-electron chi connectivity index (χ0n) is 21.5. The number of benzene rings is 1. The number of aromatic nitrogens is 2. The van der Waals surface area contributed by atoms with Gasteiger partial charge in [-0.3, -0.25) is 4.90 Å². The molecule has 0 radical (unpaired) electrons. The average molecular weight is 493 g/mol. The maximum Gasteiger partial charge on any atom is 0.317 e. The van der Waals surface area contributed by atoms with Crippen LogP contribution in [0.3, 0.4) is 0 Å². The molecule has 4 aliphatic rings. The summed E-state index contributed by atoms with van der Waals surface area (Å²) < 4.78 is 5.64. The number of urea groups is 1. The van der Waals surface area contributed by atoms with E-state index in [2.05, 4.69) is 51.6 Å². The lowest BCUT2D eigenvalue weighted by Crippen LogP contribution is -2.51. The molecule has 4 fully saturated rings. The number of fused-ring (bicyclic) bond motifs is 2. The van der Waals surface area contributed by atoms with Gasteiger partial charge in [-0.05, 0) is 57.6 Å². The molecule has 1 saturated carbocycles. The van der Waals surface area contributed by atoms with Gasteiger partial charge in [-0.15, -0.1) is 0 Å². The fourth-order valence-electron chi connectivity index (χ4n) is 6.62. The van der Waals surface area contributed by atoms with Crippen LogP contribution in [0.15, 0.2) is 34.9 Å². The molecular weight excluding hydrogens is 452 g/mol. The highest BCUT2D eigenvalue weighted by molar-refractivity contribution is 5.74. The predicted octanol–water partition coefficient (Wildman–Crippen LogP) is 4.14. The van der Waals surface area contributed by atoms with Crippen molar-refractivity contribution in [2.75, 3.05) is 39.8 Å². The third kappa shape index (κ3) is 5.02. The highest BCUT2D eigenvalue weighted by Gasteiger charge is 2.42. The first-order chi connectivity index (χ1) is 17.6. The van der Waals surface area contributed by atoms with Crippen molar-refractivity contribution in [3.8, 4) is 0 Å². The SMILES string of the molecule is CN1CCN(C(=O)N[C@@H](CCN2[C@H]3CC[C@H]2CC(c2noc(C4CCC4)n2)C3)c2ccccc2)CC1. The Morgan fingerprint density at radius 2 is 1.75 bits per heavy atom. The average Bonchev–Trinajstić information content (AvgIpc) is 3.43. The molecule has 2 aromatic rings. The highest BCUT2D eigenvalue weighted by atomic mass is 16.5. The van der Waals surface area contributed by atoms with Crippen molar-refractivity contribution in [3.63, 3.8) is 0 Å². The maximum absolute atomic E-state index is 13.1. The Morgan fingerprint density at radius 3 is 2.42 bits per heavy atom. The molecule has 1 N–H and O–H groups in total. The molecule has 1 aliphatic carbocycles. The van der Waals surface area contributed by atoms with Crippen LogP contribution in [0.1, 0.15) is 86.5 Å². The van der Waals surface area contributed by atoms with Crippen LogP contribution >= 0.6 is 0 Å². The topological polar surface area (TPSA) is 77.7 Å². The highest BCUT2D eigenvalue weighted by Crippen LogP contribution is 2.43. The van der Waals surface area contributed by atoms with Crippen LogP contribution in [0, 0.1) is 0 Å². The molecular formula is C28H40N6O2. The Bertz CT molecular complexity index is 1000. The van der Waals surface area contributed by atoms with Crippen LogP contribution in [0.5, 0.6) is 0 Å². The molecule has 3 aliphatic heterocycles. The van der Waals surface area contributed by atoms with Gasteiger partial charge in [0.1, 0.15) is 0 Å². The van der Waals surface area contributed by atoms with Crippen molar-refractivity contribution in [1.82, 2.24) is 30.2 Å². The van der Waals surface area contributed by atoms with Crippen LogP contribution < -0.4 is 5.32 Å². The van der Waals surface area contributed by atoms with Crippen LogP contribution in [-0.4, -0.2) is 82.7 Å². The second-order valence-electron chi connectivity index (χ2n) is 11.4. The Morgan fingerprint density at radius 1 is 1.03 bits per heavy atom. The van der Waals surface area contributed by atoms with Gasteiger partial charge in [-0.2, -0.15) is 4.98 Å². The first kappa shape index (κ1) is 23.9. The molecule has 0 unspecified atom stereocenters. The summed E-state index contributed by atoms with van der Waals surface area (Å²) in [5.41, 5.74) is 1.19. The summed E-state index contributed by atoms with van der Waals surface area (Å²) in [6, 6.07) is 11.7. The summed E-state index contributed by atoms with van der Waals surface area (Å²) in [6.45, 7) is 4.46. The normalized spacial score (nSPS) is 28.1. The third-order valence-electron chi connectivity index (χ3n) is 9.13. The molecule has 8 nitrogen and oxygen atoms in total. The number of likely N-dealkylation sites (N-methyl/N-ethyl adjacent to an activating group) is 1. The molecule has 8 heteroatoms. The number of nitrogens with zero attached hydrogens (tertiary/aromatic N) is 5. The molecule has 3 atom stereocenters. The summed E-state index contributed by atoms with van der Waals surface area (Å²) in [5.74, 6) is 2.72.